The van der Waals surface area contributed by atoms with Crippen molar-refractivity contribution in [3.63, 3.8) is 0 Å². The minimum Gasteiger partial charge on any atom is -0.228 e. The molecule has 282 valence electrons. The first-order valence-electron chi connectivity index (χ1n) is 20.0. The molecule has 0 amide bonds. The van der Waals surface area contributed by atoms with Crippen molar-refractivity contribution in [3.05, 3.63) is 224 Å². The Bertz CT molecular complexity index is 2870. The Morgan fingerprint density at radius 2 is 0.433 bits per heavy atom. The summed E-state index contributed by atoms with van der Waals surface area (Å²) in [7, 11) is 0. The molecule has 0 fully saturated rings. The highest BCUT2D eigenvalue weighted by Gasteiger charge is 2.15. The Kier molecular flexibility index (Phi) is 9.88. The maximum Gasteiger partial charge on any atom is 0.164 e. The molecule has 8 aromatic carbocycles. The summed E-state index contributed by atoms with van der Waals surface area (Å²) < 4.78 is 0. The van der Waals surface area contributed by atoms with Gasteiger partial charge in [0, 0.05) is 33.4 Å². The normalized spacial score (nSPS) is 11.0. The Morgan fingerprint density at radius 3 is 0.867 bits per heavy atom. The molecule has 5 heteroatoms. The molecule has 5 nitrogen and oxygen atoms in total. The van der Waals surface area contributed by atoms with Gasteiger partial charge in [0.2, 0.25) is 0 Å². The van der Waals surface area contributed by atoms with E-state index in [0.717, 1.165) is 67.0 Å². The summed E-state index contributed by atoms with van der Waals surface area (Å²) in [4.78, 5) is 25.1. The van der Waals surface area contributed by atoms with Crippen molar-refractivity contribution < 1.29 is 0 Å². The first-order valence-corrected chi connectivity index (χ1v) is 20.0. The minimum absolute atomic E-state index is 0.621. The second-order valence-electron chi connectivity index (χ2n) is 14.5. The highest BCUT2D eigenvalue weighted by molar-refractivity contribution is 5.78. The summed E-state index contributed by atoms with van der Waals surface area (Å²) >= 11 is 0. The van der Waals surface area contributed by atoms with Gasteiger partial charge in [-0.2, -0.15) is 0 Å². The summed E-state index contributed by atoms with van der Waals surface area (Å²) in [5.41, 5.74) is 14.3. The molecule has 0 aliphatic rings. The van der Waals surface area contributed by atoms with Crippen LogP contribution in [0.5, 0.6) is 0 Å². The van der Waals surface area contributed by atoms with Crippen LogP contribution >= 0.6 is 0 Å². The average Bonchev–Trinajstić information content (AvgIpc) is 3.35. The van der Waals surface area contributed by atoms with E-state index < -0.39 is 0 Å². The molecular weight excluding hydrogens is 731 g/mol. The fraction of sp³-hybridized carbons (Fsp3) is 0. The van der Waals surface area contributed by atoms with Crippen LogP contribution in [0.3, 0.4) is 0 Å². The van der Waals surface area contributed by atoms with Gasteiger partial charge in [0.15, 0.2) is 23.3 Å². The zero-order chi connectivity index (χ0) is 40.1. The summed E-state index contributed by atoms with van der Waals surface area (Å²) in [5, 5.41) is 0. The van der Waals surface area contributed by atoms with Gasteiger partial charge in [-0.1, -0.05) is 212 Å². The molecule has 0 spiro atoms. The highest BCUT2D eigenvalue weighted by Crippen LogP contribution is 2.33. The maximum absolute atomic E-state index is 5.16. The standard InChI is InChI=1S/C55H37N5/c1-5-14-38(15-6-1)40-24-30-43(31-25-40)50-37-51(57-52(56-50)47-34-28-41(29-35-47)39-16-7-2-8-17-39)44-32-26-42(27-33-44)48-22-13-23-49(36-48)55-59-53(45-18-9-3-10-19-45)58-54(60-55)46-20-11-4-12-21-46/h1-37H. The minimum atomic E-state index is 0.621. The largest absolute Gasteiger partial charge is 0.228 e. The molecule has 0 unspecified atom stereocenters. The first kappa shape index (κ1) is 36.2. The summed E-state index contributed by atoms with van der Waals surface area (Å²) in [6.45, 7) is 0. The van der Waals surface area contributed by atoms with E-state index in [4.69, 9.17) is 24.9 Å². The molecule has 0 saturated heterocycles. The van der Waals surface area contributed by atoms with Crippen molar-refractivity contribution in [1.82, 2.24) is 24.9 Å². The highest BCUT2D eigenvalue weighted by atomic mass is 15.0. The van der Waals surface area contributed by atoms with E-state index in [1.165, 1.54) is 11.1 Å². The monoisotopic (exact) mass is 767 g/mol. The zero-order valence-electron chi connectivity index (χ0n) is 32.6. The van der Waals surface area contributed by atoms with E-state index in [1.54, 1.807) is 0 Å². The van der Waals surface area contributed by atoms with E-state index in [0.29, 0.717) is 23.3 Å². The lowest BCUT2D eigenvalue weighted by Crippen LogP contribution is -2.00. The van der Waals surface area contributed by atoms with E-state index >= 15 is 0 Å². The van der Waals surface area contributed by atoms with Gasteiger partial charge in [-0.05, 0) is 45.5 Å². The van der Waals surface area contributed by atoms with Crippen molar-refractivity contribution >= 4 is 0 Å². The molecule has 0 bridgehead atoms. The second-order valence-corrected chi connectivity index (χ2v) is 14.5. The van der Waals surface area contributed by atoms with Crippen molar-refractivity contribution in [2.45, 2.75) is 0 Å². The molecule has 0 atom stereocenters. The van der Waals surface area contributed by atoms with Crippen molar-refractivity contribution in [2.24, 2.45) is 0 Å². The Hall–Kier alpha value is -8.15. The van der Waals surface area contributed by atoms with E-state index in [1.807, 2.05) is 72.8 Å². The van der Waals surface area contributed by atoms with Crippen molar-refractivity contribution in [3.8, 4) is 101 Å². The molecule has 0 saturated carbocycles. The van der Waals surface area contributed by atoms with Crippen LogP contribution in [0.2, 0.25) is 0 Å². The molecule has 0 aliphatic carbocycles. The molecule has 0 N–H and O–H groups in total. The number of aromatic nitrogens is 5. The lowest BCUT2D eigenvalue weighted by atomic mass is 9.99. The van der Waals surface area contributed by atoms with Gasteiger partial charge in [-0.25, -0.2) is 24.9 Å². The second kappa shape index (κ2) is 16.4. The van der Waals surface area contributed by atoms with Crippen LogP contribution in [0.25, 0.3) is 101 Å². The molecule has 0 aliphatic heterocycles. The quantitative estimate of drug-likeness (QED) is 0.146. The summed E-state index contributed by atoms with van der Waals surface area (Å²) in [5.74, 6) is 2.57. The molecule has 0 radical (unpaired) electrons. The first-order chi connectivity index (χ1) is 29.7. The summed E-state index contributed by atoms with van der Waals surface area (Å²) in [6.07, 6.45) is 0. The number of rotatable bonds is 9. The van der Waals surface area contributed by atoms with Gasteiger partial charge >= 0.3 is 0 Å². The van der Waals surface area contributed by atoms with Crippen LogP contribution in [0.1, 0.15) is 0 Å². The number of nitrogens with zero attached hydrogens (tertiary/aromatic N) is 5. The van der Waals surface area contributed by atoms with Gasteiger partial charge in [0.05, 0.1) is 11.4 Å². The lowest BCUT2D eigenvalue weighted by molar-refractivity contribution is 1.07. The number of benzene rings is 8. The topological polar surface area (TPSA) is 64.5 Å². The zero-order valence-corrected chi connectivity index (χ0v) is 32.6. The average molecular weight is 768 g/mol. The van der Waals surface area contributed by atoms with Gasteiger partial charge in [0.1, 0.15) is 0 Å². The van der Waals surface area contributed by atoms with Gasteiger partial charge in [-0.3, -0.25) is 0 Å². The van der Waals surface area contributed by atoms with Crippen LogP contribution in [0, 0.1) is 0 Å². The number of hydrogen-bond acceptors (Lipinski definition) is 5. The fourth-order valence-electron chi connectivity index (χ4n) is 7.39. The third-order valence-electron chi connectivity index (χ3n) is 10.6. The molecule has 10 aromatic rings. The van der Waals surface area contributed by atoms with Crippen LogP contribution in [-0.4, -0.2) is 24.9 Å². The molecule has 2 aromatic heterocycles. The molecule has 2 heterocycles. The van der Waals surface area contributed by atoms with Crippen LogP contribution in [-0.2, 0) is 0 Å². The van der Waals surface area contributed by atoms with Crippen LogP contribution in [0.15, 0.2) is 224 Å². The van der Waals surface area contributed by atoms with E-state index in [-0.39, 0.29) is 0 Å². The van der Waals surface area contributed by atoms with Gasteiger partial charge in [0.25, 0.3) is 0 Å². The van der Waals surface area contributed by atoms with Gasteiger partial charge in [-0.15, -0.1) is 0 Å². The molecule has 60 heavy (non-hydrogen) atoms. The molecular formula is C55H37N5. The van der Waals surface area contributed by atoms with Crippen LogP contribution < -0.4 is 0 Å². The predicted molar refractivity (Wildman–Crippen MR) is 244 cm³/mol. The fourth-order valence-corrected chi connectivity index (χ4v) is 7.39. The van der Waals surface area contributed by atoms with E-state index in [9.17, 15) is 0 Å². The van der Waals surface area contributed by atoms with Gasteiger partial charge < -0.3 is 0 Å². The lowest BCUT2D eigenvalue weighted by Gasteiger charge is -2.12. The number of hydrogen-bond donors (Lipinski definition) is 0. The SMILES string of the molecule is c1ccc(-c2ccc(-c3cc(-c4ccc(-c5cccc(-c6nc(-c7ccccc7)nc(-c7ccccc7)n6)c5)cc4)nc(-c4ccc(-c5ccccc5)cc4)n3)cc2)cc1. The smallest absolute Gasteiger partial charge is 0.164 e. The van der Waals surface area contributed by atoms with Crippen LogP contribution in [0.4, 0.5) is 0 Å². The Morgan fingerprint density at radius 1 is 0.167 bits per heavy atom. The maximum atomic E-state index is 5.16. The third kappa shape index (κ3) is 7.76. The van der Waals surface area contributed by atoms with Crippen molar-refractivity contribution in [2.75, 3.05) is 0 Å². The molecule has 10 rings (SSSR count). The third-order valence-corrected chi connectivity index (χ3v) is 10.6. The Labute approximate surface area is 349 Å². The van der Waals surface area contributed by atoms with E-state index in [2.05, 4.69) is 152 Å². The predicted octanol–water partition coefficient (Wildman–Crippen LogP) is 13.7. The van der Waals surface area contributed by atoms with Crippen molar-refractivity contribution in [1.29, 1.82) is 0 Å². The summed E-state index contributed by atoms with van der Waals surface area (Å²) in [6, 6.07) is 77.1. The Balaban J connectivity index is 0.999.